The van der Waals surface area contributed by atoms with Gasteiger partial charge in [0.25, 0.3) is 0 Å². The Morgan fingerprint density at radius 2 is 1.27 bits per heavy atom. The predicted octanol–water partition coefficient (Wildman–Crippen LogP) is 8.79. The fraction of sp³-hybridized carbons (Fsp3) is 1.00. The van der Waals surface area contributed by atoms with E-state index in [1.54, 1.807) is 51.4 Å². The molecule has 4 saturated carbocycles. The summed E-state index contributed by atoms with van der Waals surface area (Å²) in [6.45, 7) is 9.69. The minimum absolute atomic E-state index is 0.527. The van der Waals surface area contributed by atoms with Crippen LogP contribution in [0.1, 0.15) is 85.0 Å². The van der Waals surface area contributed by atoms with Gasteiger partial charge in [-0.15, -0.1) is 0 Å². The summed E-state index contributed by atoms with van der Waals surface area (Å²) >= 11 is 0. The second-order valence-electron chi connectivity index (χ2n) is 22.9. The van der Waals surface area contributed by atoms with Crippen molar-refractivity contribution in [2.75, 3.05) is 26.2 Å². The van der Waals surface area contributed by atoms with E-state index in [0.29, 0.717) is 10.3 Å². The van der Waals surface area contributed by atoms with Gasteiger partial charge in [-0.3, -0.25) is 0 Å². The number of hydrogen-bond acceptors (Lipinski definition) is 2. The molecule has 0 amide bonds. The molecular weight excluding hydrogens is 578 g/mol. The Kier molecular flexibility index (Phi) is 2.03. The van der Waals surface area contributed by atoms with Crippen LogP contribution in [-0.4, -0.2) is 42.2 Å². The predicted molar refractivity (Wildman–Crippen MR) is 171 cm³/mol. The third kappa shape index (κ3) is 0.667. The van der Waals surface area contributed by atoms with E-state index in [1.807, 2.05) is 0 Å². The first-order valence-corrected chi connectivity index (χ1v) is 26.5. The van der Waals surface area contributed by atoms with E-state index >= 15 is 0 Å². The number of rotatable bonds is 6. The third-order valence-electron chi connectivity index (χ3n) is 25.2. The molecule has 12 saturated heterocycles. The van der Waals surface area contributed by atoms with E-state index in [2.05, 4.69) is 40.6 Å². The Morgan fingerprint density at radius 3 is 1.66 bits per heavy atom. The van der Waals surface area contributed by atoms with Crippen molar-refractivity contribution in [1.82, 2.24) is 10.6 Å². The molecule has 16 fully saturated rings. The molecule has 1 spiro atoms. The van der Waals surface area contributed by atoms with Crippen LogP contribution in [0.3, 0.4) is 0 Å². The van der Waals surface area contributed by atoms with Crippen molar-refractivity contribution in [2.24, 2.45) is 35.0 Å². The molecule has 4 aliphatic carbocycles. The van der Waals surface area contributed by atoms with E-state index in [4.69, 9.17) is 0 Å². The van der Waals surface area contributed by atoms with Crippen LogP contribution in [0.4, 0.5) is 0 Å². The van der Waals surface area contributed by atoms with E-state index in [-0.39, 0.29) is 0 Å². The monoisotopic (exact) mass is 634 g/mol. The summed E-state index contributed by atoms with van der Waals surface area (Å²) in [7, 11) is 5.32. The molecule has 16 aliphatic rings. The van der Waals surface area contributed by atoms with Crippen molar-refractivity contribution in [1.29, 1.82) is 0 Å². The number of fused-ring (bicyclic) bond motifs is 10. The second kappa shape index (κ2) is 3.66. The van der Waals surface area contributed by atoms with Crippen LogP contribution in [0.2, 0.25) is 47.2 Å². The first-order valence-electron chi connectivity index (χ1n) is 18.7. The van der Waals surface area contributed by atoms with Crippen molar-refractivity contribution < 1.29 is 6.51 Å². The molecule has 0 aromatic carbocycles. The van der Waals surface area contributed by atoms with Gasteiger partial charge < -0.3 is 0 Å². The maximum atomic E-state index is 4.06. The molecule has 0 aromatic rings. The van der Waals surface area contributed by atoms with Gasteiger partial charge in [-0.25, -0.2) is 0 Å². The van der Waals surface area contributed by atoms with Gasteiger partial charge in [0.05, 0.1) is 0 Å². The average Bonchev–Trinajstić information content (AvgIpc) is 3.89. The molecule has 228 valence electrons. The Labute approximate surface area is 243 Å². The first-order chi connectivity index (χ1) is 19.5. The molecular formula is C36H56FeN2P2. The number of piperidine rings is 2. The van der Waals surface area contributed by atoms with Crippen LogP contribution >= 0.6 is 17.8 Å². The van der Waals surface area contributed by atoms with Crippen molar-refractivity contribution in [2.45, 2.75) is 148 Å². The van der Waals surface area contributed by atoms with Gasteiger partial charge in [-0.05, 0) is 0 Å². The van der Waals surface area contributed by atoms with Crippen molar-refractivity contribution in [3.05, 3.63) is 0 Å². The zero-order valence-electron chi connectivity index (χ0n) is 25.9. The van der Waals surface area contributed by atoms with Gasteiger partial charge in [0.2, 0.25) is 0 Å². The molecule has 5 heteroatoms. The summed E-state index contributed by atoms with van der Waals surface area (Å²) in [6.07, 6.45) is 16.1. The van der Waals surface area contributed by atoms with E-state index in [0.717, 1.165) is 43.6 Å². The van der Waals surface area contributed by atoms with Crippen LogP contribution in [0.15, 0.2) is 0 Å². The molecule has 10 unspecified atom stereocenters. The SMILES string of the molecule is CC(C)(C)PC(C12CC3CC(CC(C3)C1)C2)[C]12[CH]3[CH]4[CH]5[C]1(C(P)(C1CCCNC1)C1CCCNC1)[Fe]43521678[CH]2[CH]1[CH]6[CH]7[CH]28. The molecule has 12 heterocycles. The van der Waals surface area contributed by atoms with Gasteiger partial charge in [0.1, 0.15) is 0 Å². The molecule has 4 bridgehead atoms. The maximum absolute atomic E-state index is 4.06. The van der Waals surface area contributed by atoms with Gasteiger partial charge in [0.15, 0.2) is 0 Å². The molecule has 10 atom stereocenters. The number of nitrogens with one attached hydrogen (secondary N) is 2. The first kappa shape index (κ1) is 22.8. The summed E-state index contributed by atoms with van der Waals surface area (Å²) in [5.74, 6) is 5.30. The van der Waals surface area contributed by atoms with E-state index < -0.39 is 6.51 Å². The van der Waals surface area contributed by atoms with Crippen LogP contribution in [0, 0.1) is 35.0 Å². The fourth-order valence-corrected chi connectivity index (χ4v) is 114. The van der Waals surface area contributed by atoms with Crippen molar-refractivity contribution in [3.8, 4) is 0 Å². The average molecular weight is 635 g/mol. The number of hydrogen-bond donors (Lipinski definition) is 2. The zero-order valence-corrected chi connectivity index (χ0v) is 29.2. The van der Waals surface area contributed by atoms with Crippen molar-refractivity contribution >= 4 is 17.8 Å². The molecule has 0 aromatic heterocycles. The molecule has 41 heavy (non-hydrogen) atoms. The molecule has 0 radical (unpaired) electrons. The Balaban J connectivity index is 1.03. The van der Waals surface area contributed by atoms with Crippen LogP contribution in [0.5, 0.6) is 0 Å². The van der Waals surface area contributed by atoms with Crippen LogP contribution < -0.4 is 10.6 Å². The Morgan fingerprint density at radius 1 is 0.756 bits per heavy atom. The molecule has 2 nitrogen and oxygen atoms in total. The summed E-state index contributed by atoms with van der Waals surface area (Å²) in [6, 6.07) is 0. The minimum atomic E-state index is -3.76. The fourth-order valence-electron chi connectivity index (χ4n) is 27.9. The Bertz CT molecular complexity index is 1680. The second-order valence-corrected chi connectivity index (χ2v) is 49.5. The van der Waals surface area contributed by atoms with E-state index in [1.165, 1.54) is 91.8 Å². The molecule has 2 N–H and O–H groups in total. The summed E-state index contributed by atoms with van der Waals surface area (Å²) in [5.41, 5.74) is 1.97. The van der Waals surface area contributed by atoms with Gasteiger partial charge in [-0.2, -0.15) is 0 Å². The summed E-state index contributed by atoms with van der Waals surface area (Å²) in [5, 5.41) is 9.23. The van der Waals surface area contributed by atoms with Gasteiger partial charge in [-0.1, -0.05) is 0 Å². The zero-order chi connectivity index (χ0) is 26.9. The van der Waals surface area contributed by atoms with Crippen LogP contribution in [-0.2, 0) is 6.51 Å². The van der Waals surface area contributed by atoms with Crippen LogP contribution in [0.25, 0.3) is 0 Å². The summed E-state index contributed by atoms with van der Waals surface area (Å²) in [4.78, 5) is 11.5. The molecule has 12 aliphatic heterocycles. The van der Waals surface area contributed by atoms with E-state index in [9.17, 15) is 0 Å². The quantitative estimate of drug-likeness (QED) is 0.226. The molecule has 16 rings (SSSR count). The van der Waals surface area contributed by atoms with Gasteiger partial charge in [0, 0.05) is 0 Å². The van der Waals surface area contributed by atoms with Crippen molar-refractivity contribution in [3.63, 3.8) is 0 Å². The summed E-state index contributed by atoms with van der Waals surface area (Å²) < 4.78 is 1.92. The topological polar surface area (TPSA) is 24.1 Å². The Hall–Kier alpha value is 1.30. The van der Waals surface area contributed by atoms with Gasteiger partial charge >= 0.3 is 244 Å². The standard InChI is InChI=1S/C31H51N2P2.C5H5.Fe/c1-29(2,3)35-28(30-16-21-13-22(17-30)15-23(14-21)18-30)26-9-4-10-27(26)31(34,24-7-5-11-32-19-24)25-8-6-12-33-20-25;1-2-4-5-3-1;/h4,9-10,21-25,28,32-33,35H,5-8,11-20,34H2,1-3H3;1-5H;. The normalized spacial score (nSPS) is 82.9. The third-order valence-corrected chi connectivity index (χ3v) is 72.7.